The van der Waals surface area contributed by atoms with Gasteiger partial charge in [0, 0.05) is 30.2 Å². The molecule has 4 aliphatic rings. The lowest BCUT2D eigenvalue weighted by molar-refractivity contribution is -0.129. The Hall–Kier alpha value is -4.45. The number of rotatable bonds is 11. The van der Waals surface area contributed by atoms with Crippen LogP contribution in [0.4, 0.5) is 5.69 Å². The largest absolute Gasteiger partial charge is 0.451 e. The Morgan fingerprint density at radius 2 is 1.65 bits per heavy atom. The van der Waals surface area contributed by atoms with Gasteiger partial charge >= 0.3 is 0 Å². The fraction of sp³-hybridized carbons (Fsp3) is 0.500. The number of fused-ring (bicyclic) bond motifs is 1. The Morgan fingerprint density at radius 3 is 2.33 bits per heavy atom. The normalized spacial score (nSPS) is 24.3. The molecule has 2 aromatic heterocycles. The van der Waals surface area contributed by atoms with Crippen LogP contribution in [-0.2, 0) is 20.9 Å². The Morgan fingerprint density at radius 1 is 0.957 bits per heavy atom. The maximum Gasteiger partial charge on any atom is 0.287 e. The van der Waals surface area contributed by atoms with Crippen LogP contribution in [0.1, 0.15) is 61.1 Å². The lowest BCUT2D eigenvalue weighted by Gasteiger charge is -2.54. The highest BCUT2D eigenvalue weighted by atomic mass is 16.3. The van der Waals surface area contributed by atoms with E-state index in [0.717, 1.165) is 42.9 Å². The molecule has 4 bridgehead atoms. The maximum atomic E-state index is 13.5. The minimum Gasteiger partial charge on any atom is -0.451 e. The number of aryl methyl sites for hydroxylation is 1. The van der Waals surface area contributed by atoms with E-state index in [9.17, 15) is 29.1 Å². The number of furan rings is 1. The van der Waals surface area contributed by atoms with E-state index in [1.54, 1.807) is 25.1 Å². The molecule has 244 valence electrons. The molecule has 1 unspecified atom stereocenters. The third-order valence-electron chi connectivity index (χ3n) is 10.1. The summed E-state index contributed by atoms with van der Waals surface area (Å²) in [7, 11) is 1.38. The van der Waals surface area contributed by atoms with Crippen molar-refractivity contribution in [3.05, 3.63) is 64.3 Å². The Labute approximate surface area is 266 Å². The molecule has 0 aliphatic heterocycles. The van der Waals surface area contributed by atoms with E-state index in [-0.39, 0.29) is 42.8 Å². The number of amides is 4. The van der Waals surface area contributed by atoms with Crippen LogP contribution in [-0.4, -0.2) is 58.5 Å². The van der Waals surface area contributed by atoms with Crippen LogP contribution in [0.2, 0.25) is 0 Å². The third-order valence-corrected chi connectivity index (χ3v) is 10.1. The second-order valence-electron chi connectivity index (χ2n) is 13.2. The number of hydrogen-bond acceptors (Lipinski definition) is 7. The number of anilines is 1. The van der Waals surface area contributed by atoms with Gasteiger partial charge in [-0.05, 0) is 93.7 Å². The first-order valence-electron chi connectivity index (χ1n) is 16.1. The summed E-state index contributed by atoms with van der Waals surface area (Å²) in [6.45, 7) is 1.55. The van der Waals surface area contributed by atoms with Gasteiger partial charge in [-0.3, -0.25) is 24.0 Å². The molecule has 12 nitrogen and oxygen atoms in total. The van der Waals surface area contributed by atoms with Gasteiger partial charge in [0.25, 0.3) is 11.5 Å². The zero-order chi connectivity index (χ0) is 32.5. The number of carbonyl (C=O) groups excluding carboxylic acids is 4. The monoisotopic (exact) mass is 631 g/mol. The minimum absolute atomic E-state index is 0.0260. The number of aliphatic hydroxyl groups is 1. The summed E-state index contributed by atoms with van der Waals surface area (Å²) in [4.78, 5) is 65.2. The molecule has 0 saturated heterocycles. The molecular formula is C34H41N5O7. The van der Waals surface area contributed by atoms with Gasteiger partial charge in [-0.2, -0.15) is 0 Å². The summed E-state index contributed by atoms with van der Waals surface area (Å²) in [5.41, 5.74) is 0.467. The van der Waals surface area contributed by atoms with E-state index in [0.29, 0.717) is 23.0 Å². The summed E-state index contributed by atoms with van der Waals surface area (Å²) < 4.78 is 7.00. The Bertz CT molecular complexity index is 1680. The fourth-order valence-electron chi connectivity index (χ4n) is 8.03. The third kappa shape index (κ3) is 6.44. The number of aliphatic hydroxyl groups excluding tert-OH is 1. The highest BCUT2D eigenvalue weighted by molar-refractivity contribution is 6.03. The van der Waals surface area contributed by atoms with Crippen LogP contribution in [0, 0.1) is 30.6 Å². The quantitative estimate of drug-likeness (QED) is 0.216. The molecule has 2 atom stereocenters. The summed E-state index contributed by atoms with van der Waals surface area (Å²) in [5, 5.41) is 21.7. The first-order chi connectivity index (χ1) is 22.1. The van der Waals surface area contributed by atoms with Gasteiger partial charge in [0.2, 0.25) is 17.7 Å². The molecule has 2 heterocycles. The van der Waals surface area contributed by atoms with Gasteiger partial charge in [0.15, 0.2) is 5.76 Å². The van der Waals surface area contributed by atoms with Crippen molar-refractivity contribution < 1.29 is 28.7 Å². The molecule has 5 N–H and O–H groups in total. The molecule has 46 heavy (non-hydrogen) atoms. The van der Waals surface area contributed by atoms with Gasteiger partial charge in [-0.15, -0.1) is 0 Å². The number of para-hydroxylation sites is 1. The lowest BCUT2D eigenvalue weighted by atomic mass is 9.54. The molecule has 3 aromatic rings. The number of benzene rings is 1. The molecule has 1 aromatic carbocycles. The van der Waals surface area contributed by atoms with Crippen molar-refractivity contribution in [1.29, 1.82) is 0 Å². The SMILES string of the molecule is CNC(=O)C(O)CC[C@H](NC(=O)c1oc2ccccc2c1C)C(=O)Nc1cccn(CC(=O)NC2C3CC4CC(C3)CC2C4)c1=O. The van der Waals surface area contributed by atoms with Crippen LogP contribution in [0.3, 0.4) is 0 Å². The number of nitrogens with one attached hydrogen (secondary N) is 4. The van der Waals surface area contributed by atoms with Crippen LogP contribution in [0.5, 0.6) is 0 Å². The highest BCUT2D eigenvalue weighted by Gasteiger charge is 2.48. The Kier molecular flexibility index (Phi) is 8.99. The minimum atomic E-state index is -1.41. The van der Waals surface area contributed by atoms with Crippen molar-refractivity contribution in [2.45, 2.75) is 76.6 Å². The van der Waals surface area contributed by atoms with E-state index in [1.165, 1.54) is 30.3 Å². The van der Waals surface area contributed by atoms with Crippen molar-refractivity contribution in [1.82, 2.24) is 20.5 Å². The lowest BCUT2D eigenvalue weighted by Crippen LogP contribution is -2.56. The molecule has 4 fully saturated rings. The first-order valence-corrected chi connectivity index (χ1v) is 16.1. The zero-order valence-corrected chi connectivity index (χ0v) is 26.1. The maximum absolute atomic E-state index is 13.5. The van der Waals surface area contributed by atoms with Crippen molar-refractivity contribution in [2.24, 2.45) is 23.7 Å². The van der Waals surface area contributed by atoms with Crippen molar-refractivity contribution in [3.63, 3.8) is 0 Å². The predicted octanol–water partition coefficient (Wildman–Crippen LogP) is 2.47. The van der Waals surface area contributed by atoms with E-state index in [4.69, 9.17) is 4.42 Å². The average molecular weight is 632 g/mol. The van der Waals surface area contributed by atoms with Gasteiger partial charge in [-0.25, -0.2) is 0 Å². The molecule has 7 rings (SSSR count). The molecule has 4 aliphatic carbocycles. The zero-order valence-electron chi connectivity index (χ0n) is 26.1. The highest BCUT2D eigenvalue weighted by Crippen LogP contribution is 2.53. The summed E-state index contributed by atoms with van der Waals surface area (Å²) in [6, 6.07) is 9.05. The van der Waals surface area contributed by atoms with Crippen LogP contribution in [0.15, 0.2) is 51.8 Å². The standard InChI is InChI=1S/C34H41N5O7/c1-18-23-6-3-4-8-27(23)46-30(18)33(44)36-24(9-10-26(40)32(43)35-2)31(42)37-25-7-5-11-39(34(25)45)17-28(41)38-29-21-13-19-12-20(15-21)16-22(29)14-19/h3-8,11,19-22,24,26,29,40H,9-10,12-17H2,1-2H3,(H,35,43)(H,36,44)(H,37,42)(H,38,41)/t19?,20?,21?,22?,24-,26?,29?/m0/s1. The van der Waals surface area contributed by atoms with Gasteiger partial charge in [0.05, 0.1) is 0 Å². The van der Waals surface area contributed by atoms with Gasteiger partial charge in [0.1, 0.15) is 30.0 Å². The predicted molar refractivity (Wildman–Crippen MR) is 170 cm³/mol. The van der Waals surface area contributed by atoms with E-state index >= 15 is 0 Å². The number of nitrogens with zero attached hydrogens (tertiary/aromatic N) is 1. The molecule has 12 heteroatoms. The van der Waals surface area contributed by atoms with Crippen LogP contribution >= 0.6 is 0 Å². The Balaban J connectivity index is 1.14. The number of hydrogen-bond donors (Lipinski definition) is 5. The number of likely N-dealkylation sites (N-methyl/N-ethyl adjacent to an activating group) is 1. The van der Waals surface area contributed by atoms with E-state index in [2.05, 4.69) is 21.3 Å². The summed E-state index contributed by atoms with van der Waals surface area (Å²) in [6.07, 6.45) is 5.80. The molecule has 4 saturated carbocycles. The number of carbonyl (C=O) groups is 4. The molecule has 4 amide bonds. The molecule has 0 radical (unpaired) electrons. The van der Waals surface area contributed by atoms with Crippen LogP contribution < -0.4 is 26.8 Å². The smallest absolute Gasteiger partial charge is 0.287 e. The first kappa shape index (κ1) is 31.5. The topological polar surface area (TPSA) is 172 Å². The van der Waals surface area contributed by atoms with Crippen molar-refractivity contribution in [2.75, 3.05) is 12.4 Å². The number of pyridine rings is 1. The van der Waals surface area contributed by atoms with E-state index in [1.807, 2.05) is 12.1 Å². The second kappa shape index (κ2) is 13.1. The molecule has 0 spiro atoms. The molecular weight excluding hydrogens is 590 g/mol. The van der Waals surface area contributed by atoms with Gasteiger partial charge in [-0.1, -0.05) is 18.2 Å². The van der Waals surface area contributed by atoms with Crippen LogP contribution in [0.25, 0.3) is 11.0 Å². The summed E-state index contributed by atoms with van der Waals surface area (Å²) in [5.74, 6) is 0.338. The van der Waals surface area contributed by atoms with Gasteiger partial charge < -0.3 is 35.4 Å². The summed E-state index contributed by atoms with van der Waals surface area (Å²) >= 11 is 0. The van der Waals surface area contributed by atoms with Crippen molar-refractivity contribution >= 4 is 40.3 Å². The van der Waals surface area contributed by atoms with Crippen molar-refractivity contribution in [3.8, 4) is 0 Å². The van der Waals surface area contributed by atoms with E-state index < -0.39 is 35.4 Å². The number of aromatic nitrogens is 1. The second-order valence-corrected chi connectivity index (χ2v) is 13.2. The fourth-order valence-corrected chi connectivity index (χ4v) is 8.03. The average Bonchev–Trinajstić information content (AvgIpc) is 3.38.